The van der Waals surface area contributed by atoms with Crippen LogP contribution >= 0.6 is 0 Å². The molecule has 1 amide bonds. The van der Waals surface area contributed by atoms with Crippen molar-refractivity contribution in [3.63, 3.8) is 0 Å². The molecule has 10 heavy (non-hydrogen) atoms. The minimum absolute atomic E-state index is 0.190. The molecule has 0 rings (SSSR count). The lowest BCUT2D eigenvalue weighted by Gasteiger charge is -1.98. The van der Waals surface area contributed by atoms with Crippen LogP contribution in [0.25, 0.3) is 0 Å². The van der Waals surface area contributed by atoms with Crippen LogP contribution in [-0.2, 0) is 9.63 Å². The standard InChI is InChI=1S/C6H12N2O2/c1-4-5(8-10-3)6(9)7-2/h4H2,1-3H3,(H,7,9). The Kier molecular flexibility index (Phi) is 4.28. The molecule has 0 aliphatic carbocycles. The molecule has 0 unspecified atom stereocenters. The summed E-state index contributed by atoms with van der Waals surface area (Å²) in [6, 6.07) is 0. The third-order valence-electron chi connectivity index (χ3n) is 1.03. The topological polar surface area (TPSA) is 50.7 Å². The number of rotatable bonds is 3. The lowest BCUT2D eigenvalue weighted by atomic mass is 10.3. The molecule has 0 aromatic rings. The summed E-state index contributed by atoms with van der Waals surface area (Å²) in [6.07, 6.45) is 0.577. The van der Waals surface area contributed by atoms with E-state index in [2.05, 4.69) is 15.3 Å². The van der Waals surface area contributed by atoms with E-state index in [0.717, 1.165) is 0 Å². The third-order valence-corrected chi connectivity index (χ3v) is 1.03. The molecular weight excluding hydrogens is 132 g/mol. The summed E-state index contributed by atoms with van der Waals surface area (Å²) in [5, 5.41) is 5.97. The lowest BCUT2D eigenvalue weighted by molar-refractivity contribution is -0.114. The molecule has 4 nitrogen and oxygen atoms in total. The van der Waals surface area contributed by atoms with Crippen LogP contribution in [0.3, 0.4) is 0 Å². The monoisotopic (exact) mass is 144 g/mol. The van der Waals surface area contributed by atoms with Crippen LogP contribution in [0.1, 0.15) is 13.3 Å². The fourth-order valence-electron chi connectivity index (χ4n) is 0.521. The van der Waals surface area contributed by atoms with E-state index in [1.165, 1.54) is 7.11 Å². The average molecular weight is 144 g/mol. The highest BCUT2D eigenvalue weighted by molar-refractivity contribution is 6.38. The zero-order chi connectivity index (χ0) is 7.98. The molecule has 4 heteroatoms. The Balaban J connectivity index is 4.06. The number of oxime groups is 1. The number of amides is 1. The maximum atomic E-state index is 10.8. The van der Waals surface area contributed by atoms with Gasteiger partial charge in [-0.2, -0.15) is 0 Å². The van der Waals surface area contributed by atoms with E-state index in [0.29, 0.717) is 12.1 Å². The van der Waals surface area contributed by atoms with Crippen molar-refractivity contribution < 1.29 is 9.63 Å². The lowest BCUT2D eigenvalue weighted by Crippen LogP contribution is -2.27. The van der Waals surface area contributed by atoms with Crippen molar-refractivity contribution in [2.24, 2.45) is 5.16 Å². The summed E-state index contributed by atoms with van der Waals surface area (Å²) in [6.45, 7) is 1.84. The Bertz CT molecular complexity index is 143. The SMILES string of the molecule is CCC(=NOC)C(=O)NC. The number of hydrogen-bond acceptors (Lipinski definition) is 3. The van der Waals surface area contributed by atoms with Crippen LogP contribution in [0.4, 0.5) is 0 Å². The van der Waals surface area contributed by atoms with Crippen molar-refractivity contribution >= 4 is 11.6 Å². The Morgan fingerprint density at radius 1 is 1.70 bits per heavy atom. The Morgan fingerprint density at radius 2 is 2.30 bits per heavy atom. The van der Waals surface area contributed by atoms with Crippen LogP contribution in [0.15, 0.2) is 5.16 Å². The first-order chi connectivity index (χ1) is 4.76. The van der Waals surface area contributed by atoms with Crippen LogP contribution < -0.4 is 5.32 Å². The Hall–Kier alpha value is -1.06. The highest BCUT2D eigenvalue weighted by Gasteiger charge is 2.05. The van der Waals surface area contributed by atoms with Gasteiger partial charge in [0.15, 0.2) is 0 Å². The average Bonchev–Trinajstić information content (AvgIpc) is 1.99. The van der Waals surface area contributed by atoms with E-state index < -0.39 is 0 Å². The highest BCUT2D eigenvalue weighted by Crippen LogP contribution is 1.85. The molecule has 0 bridgehead atoms. The van der Waals surface area contributed by atoms with Gasteiger partial charge in [-0.3, -0.25) is 4.79 Å². The molecule has 0 atom stereocenters. The summed E-state index contributed by atoms with van der Waals surface area (Å²) >= 11 is 0. The number of carbonyl (C=O) groups excluding carboxylic acids is 1. The largest absolute Gasteiger partial charge is 0.399 e. The molecule has 1 N–H and O–H groups in total. The zero-order valence-electron chi connectivity index (χ0n) is 6.47. The quantitative estimate of drug-likeness (QED) is 0.452. The molecule has 0 aliphatic rings. The first kappa shape index (κ1) is 8.94. The van der Waals surface area contributed by atoms with Crippen molar-refractivity contribution in [2.75, 3.05) is 14.2 Å². The van der Waals surface area contributed by atoms with Gasteiger partial charge in [-0.1, -0.05) is 12.1 Å². The van der Waals surface area contributed by atoms with E-state index in [9.17, 15) is 4.79 Å². The zero-order valence-corrected chi connectivity index (χ0v) is 6.47. The second kappa shape index (κ2) is 4.78. The number of carbonyl (C=O) groups is 1. The maximum absolute atomic E-state index is 10.8. The van der Waals surface area contributed by atoms with Gasteiger partial charge >= 0.3 is 0 Å². The molecule has 0 saturated heterocycles. The van der Waals surface area contributed by atoms with E-state index in [1.807, 2.05) is 6.92 Å². The molecule has 0 fully saturated rings. The number of nitrogens with one attached hydrogen (secondary N) is 1. The van der Waals surface area contributed by atoms with Gasteiger partial charge < -0.3 is 10.2 Å². The van der Waals surface area contributed by atoms with Crippen molar-refractivity contribution in [2.45, 2.75) is 13.3 Å². The molecule has 0 aromatic heterocycles. The second-order valence-corrected chi connectivity index (χ2v) is 1.65. The van der Waals surface area contributed by atoms with Crippen LogP contribution in [-0.4, -0.2) is 25.8 Å². The second-order valence-electron chi connectivity index (χ2n) is 1.65. The third kappa shape index (κ3) is 2.48. The molecule has 0 radical (unpaired) electrons. The van der Waals surface area contributed by atoms with Gasteiger partial charge in [-0.15, -0.1) is 0 Å². The van der Waals surface area contributed by atoms with E-state index in [4.69, 9.17) is 0 Å². The smallest absolute Gasteiger partial charge is 0.268 e. The normalized spacial score (nSPS) is 10.9. The maximum Gasteiger partial charge on any atom is 0.268 e. The molecule has 0 saturated carbocycles. The number of nitrogens with zero attached hydrogens (tertiary/aromatic N) is 1. The highest BCUT2D eigenvalue weighted by atomic mass is 16.6. The van der Waals surface area contributed by atoms with Crippen molar-refractivity contribution in [1.29, 1.82) is 0 Å². The van der Waals surface area contributed by atoms with Crippen molar-refractivity contribution in [1.82, 2.24) is 5.32 Å². The number of hydrogen-bond donors (Lipinski definition) is 1. The van der Waals surface area contributed by atoms with E-state index in [1.54, 1.807) is 7.05 Å². The fraction of sp³-hybridized carbons (Fsp3) is 0.667. The molecule has 58 valence electrons. The first-order valence-electron chi connectivity index (χ1n) is 3.08. The first-order valence-corrected chi connectivity index (χ1v) is 3.08. The summed E-state index contributed by atoms with van der Waals surface area (Å²) in [5.74, 6) is -0.190. The van der Waals surface area contributed by atoms with Gasteiger partial charge in [0.1, 0.15) is 12.8 Å². The molecule has 0 aromatic carbocycles. The van der Waals surface area contributed by atoms with Gasteiger partial charge in [0.25, 0.3) is 5.91 Å². The van der Waals surface area contributed by atoms with Gasteiger partial charge in [0.05, 0.1) is 0 Å². The summed E-state index contributed by atoms with van der Waals surface area (Å²) in [7, 11) is 2.97. The van der Waals surface area contributed by atoms with Crippen LogP contribution in [0, 0.1) is 0 Å². The fourth-order valence-corrected chi connectivity index (χ4v) is 0.521. The molecule has 0 heterocycles. The van der Waals surface area contributed by atoms with E-state index in [-0.39, 0.29) is 5.91 Å². The Morgan fingerprint density at radius 3 is 2.60 bits per heavy atom. The summed E-state index contributed by atoms with van der Waals surface area (Å²) in [4.78, 5) is 15.3. The van der Waals surface area contributed by atoms with Crippen molar-refractivity contribution in [3.05, 3.63) is 0 Å². The van der Waals surface area contributed by atoms with Gasteiger partial charge in [0, 0.05) is 7.05 Å². The minimum atomic E-state index is -0.190. The van der Waals surface area contributed by atoms with Crippen LogP contribution in [0.2, 0.25) is 0 Å². The molecular formula is C6H12N2O2. The van der Waals surface area contributed by atoms with E-state index >= 15 is 0 Å². The molecule has 0 aliphatic heterocycles. The Labute approximate surface area is 60.2 Å². The predicted octanol–water partition coefficient (Wildman–Crippen LogP) is 0.145. The minimum Gasteiger partial charge on any atom is -0.399 e. The predicted molar refractivity (Wildman–Crippen MR) is 38.8 cm³/mol. The summed E-state index contributed by atoms with van der Waals surface area (Å²) in [5.41, 5.74) is 0.407. The van der Waals surface area contributed by atoms with Gasteiger partial charge in [0.2, 0.25) is 0 Å². The summed E-state index contributed by atoms with van der Waals surface area (Å²) < 4.78 is 0. The molecule has 0 spiro atoms. The van der Waals surface area contributed by atoms with Crippen molar-refractivity contribution in [3.8, 4) is 0 Å². The van der Waals surface area contributed by atoms with Gasteiger partial charge in [-0.25, -0.2) is 0 Å². The van der Waals surface area contributed by atoms with Crippen LogP contribution in [0.5, 0.6) is 0 Å². The van der Waals surface area contributed by atoms with Gasteiger partial charge in [-0.05, 0) is 6.42 Å².